The van der Waals surface area contributed by atoms with Crippen LogP contribution in [0.2, 0.25) is 0 Å². The van der Waals surface area contributed by atoms with Gasteiger partial charge in [0.25, 0.3) is 0 Å². The predicted octanol–water partition coefficient (Wildman–Crippen LogP) is 3.21. The standard InChI is InChI=1S/C15H17NO/c1-2-17-15-13(11-16)9-6-10-14(15)12-7-4-3-5-8-12/h3-10H,2,11,16H2,1H3. The Hall–Kier alpha value is -1.80. The highest BCUT2D eigenvalue weighted by atomic mass is 16.5. The van der Waals surface area contributed by atoms with E-state index in [1.807, 2.05) is 37.3 Å². The van der Waals surface area contributed by atoms with Crippen molar-refractivity contribution in [3.05, 3.63) is 54.1 Å². The smallest absolute Gasteiger partial charge is 0.131 e. The molecule has 2 aromatic rings. The van der Waals surface area contributed by atoms with E-state index in [0.29, 0.717) is 13.2 Å². The van der Waals surface area contributed by atoms with E-state index in [-0.39, 0.29) is 0 Å². The molecule has 2 aromatic carbocycles. The molecule has 0 bridgehead atoms. The summed E-state index contributed by atoms with van der Waals surface area (Å²) in [5.74, 6) is 0.906. The molecule has 0 unspecified atom stereocenters. The Morgan fingerprint density at radius 3 is 2.41 bits per heavy atom. The average Bonchev–Trinajstić information content (AvgIpc) is 2.40. The van der Waals surface area contributed by atoms with Crippen LogP contribution in [-0.4, -0.2) is 6.61 Å². The van der Waals surface area contributed by atoms with Crippen molar-refractivity contribution in [3.63, 3.8) is 0 Å². The molecule has 0 aliphatic carbocycles. The van der Waals surface area contributed by atoms with Crippen LogP contribution in [-0.2, 0) is 6.54 Å². The van der Waals surface area contributed by atoms with E-state index in [2.05, 4.69) is 18.2 Å². The second kappa shape index (κ2) is 5.51. The van der Waals surface area contributed by atoms with Gasteiger partial charge in [0.05, 0.1) is 6.61 Å². The summed E-state index contributed by atoms with van der Waals surface area (Å²) in [4.78, 5) is 0. The van der Waals surface area contributed by atoms with Gasteiger partial charge in [0.2, 0.25) is 0 Å². The molecule has 0 saturated heterocycles. The third-order valence-electron chi connectivity index (χ3n) is 2.69. The first-order chi connectivity index (χ1) is 8.36. The summed E-state index contributed by atoms with van der Waals surface area (Å²) in [6.45, 7) is 3.13. The van der Waals surface area contributed by atoms with Crippen LogP contribution >= 0.6 is 0 Å². The Bertz CT molecular complexity index is 480. The minimum atomic E-state index is 0.496. The number of ether oxygens (including phenoxy) is 1. The summed E-state index contributed by atoms with van der Waals surface area (Å²) in [7, 11) is 0. The lowest BCUT2D eigenvalue weighted by Crippen LogP contribution is -2.03. The highest BCUT2D eigenvalue weighted by Crippen LogP contribution is 2.32. The molecule has 2 nitrogen and oxygen atoms in total. The van der Waals surface area contributed by atoms with Crippen LogP contribution in [0.5, 0.6) is 5.75 Å². The quantitative estimate of drug-likeness (QED) is 0.870. The summed E-state index contributed by atoms with van der Waals surface area (Å²) in [5.41, 5.74) is 9.06. The maximum absolute atomic E-state index is 5.75. The molecule has 0 aliphatic heterocycles. The molecule has 0 radical (unpaired) electrons. The second-order valence-corrected chi connectivity index (χ2v) is 3.80. The molecule has 17 heavy (non-hydrogen) atoms. The molecule has 0 fully saturated rings. The summed E-state index contributed by atoms with van der Waals surface area (Å²) in [5, 5.41) is 0. The second-order valence-electron chi connectivity index (χ2n) is 3.80. The van der Waals surface area contributed by atoms with Gasteiger partial charge in [-0.15, -0.1) is 0 Å². The fraction of sp³-hybridized carbons (Fsp3) is 0.200. The normalized spacial score (nSPS) is 10.2. The first-order valence-corrected chi connectivity index (χ1v) is 5.87. The van der Waals surface area contributed by atoms with Crippen molar-refractivity contribution in [2.75, 3.05) is 6.61 Å². The van der Waals surface area contributed by atoms with Gasteiger partial charge >= 0.3 is 0 Å². The zero-order valence-electron chi connectivity index (χ0n) is 10.0. The molecule has 0 heterocycles. The SMILES string of the molecule is CCOc1c(CN)cccc1-c1ccccc1. The van der Waals surface area contributed by atoms with Crippen LogP contribution in [0.25, 0.3) is 11.1 Å². The highest BCUT2D eigenvalue weighted by Gasteiger charge is 2.09. The number of hydrogen-bond donors (Lipinski definition) is 1. The average molecular weight is 227 g/mol. The van der Waals surface area contributed by atoms with Crippen molar-refractivity contribution in [2.45, 2.75) is 13.5 Å². The highest BCUT2D eigenvalue weighted by molar-refractivity contribution is 5.72. The molecular formula is C15H17NO. The van der Waals surface area contributed by atoms with Crippen LogP contribution in [0.15, 0.2) is 48.5 Å². The van der Waals surface area contributed by atoms with Crippen LogP contribution in [0, 0.1) is 0 Å². The lowest BCUT2D eigenvalue weighted by molar-refractivity contribution is 0.338. The summed E-state index contributed by atoms with van der Waals surface area (Å²) in [6, 6.07) is 16.3. The van der Waals surface area contributed by atoms with Crippen molar-refractivity contribution >= 4 is 0 Å². The Kier molecular flexibility index (Phi) is 3.78. The molecule has 2 N–H and O–H groups in total. The van der Waals surface area contributed by atoms with Gasteiger partial charge in [-0.25, -0.2) is 0 Å². The van der Waals surface area contributed by atoms with Crippen LogP contribution in [0.4, 0.5) is 0 Å². The Morgan fingerprint density at radius 2 is 1.76 bits per heavy atom. The molecule has 0 aromatic heterocycles. The van der Waals surface area contributed by atoms with Gasteiger partial charge in [-0.05, 0) is 12.5 Å². The van der Waals surface area contributed by atoms with Gasteiger partial charge < -0.3 is 10.5 Å². The molecule has 0 amide bonds. The fourth-order valence-corrected chi connectivity index (χ4v) is 1.91. The van der Waals surface area contributed by atoms with Gasteiger partial charge in [0, 0.05) is 17.7 Å². The van der Waals surface area contributed by atoms with E-state index in [1.165, 1.54) is 0 Å². The fourth-order valence-electron chi connectivity index (χ4n) is 1.91. The van der Waals surface area contributed by atoms with Crippen molar-refractivity contribution in [1.82, 2.24) is 0 Å². The molecule has 88 valence electrons. The first-order valence-electron chi connectivity index (χ1n) is 5.87. The number of para-hydroxylation sites is 1. The van der Waals surface area contributed by atoms with Crippen molar-refractivity contribution < 1.29 is 4.74 Å². The topological polar surface area (TPSA) is 35.2 Å². The predicted molar refractivity (Wildman–Crippen MR) is 70.9 cm³/mol. The zero-order chi connectivity index (χ0) is 12.1. The molecule has 0 saturated carbocycles. The number of benzene rings is 2. The van der Waals surface area contributed by atoms with E-state index in [9.17, 15) is 0 Å². The lowest BCUT2D eigenvalue weighted by Gasteiger charge is -2.14. The maximum Gasteiger partial charge on any atom is 0.131 e. The van der Waals surface area contributed by atoms with Crippen molar-refractivity contribution in [3.8, 4) is 16.9 Å². The molecule has 0 atom stereocenters. The van der Waals surface area contributed by atoms with Gasteiger partial charge in [0.15, 0.2) is 0 Å². The largest absolute Gasteiger partial charge is 0.493 e. The minimum absolute atomic E-state index is 0.496. The van der Waals surface area contributed by atoms with Gasteiger partial charge in [-0.2, -0.15) is 0 Å². The van der Waals surface area contributed by atoms with E-state index >= 15 is 0 Å². The van der Waals surface area contributed by atoms with E-state index in [4.69, 9.17) is 10.5 Å². The summed E-state index contributed by atoms with van der Waals surface area (Å²) in [6.07, 6.45) is 0. The first kappa shape index (κ1) is 11.7. The number of hydrogen-bond acceptors (Lipinski definition) is 2. The van der Waals surface area contributed by atoms with Crippen molar-refractivity contribution in [2.24, 2.45) is 5.73 Å². The molecule has 2 heteroatoms. The van der Waals surface area contributed by atoms with Gasteiger partial charge in [0.1, 0.15) is 5.75 Å². The van der Waals surface area contributed by atoms with Crippen LogP contribution in [0.1, 0.15) is 12.5 Å². The van der Waals surface area contributed by atoms with Gasteiger partial charge in [-0.3, -0.25) is 0 Å². The molecule has 2 rings (SSSR count). The third-order valence-corrected chi connectivity index (χ3v) is 2.69. The Morgan fingerprint density at radius 1 is 1.00 bits per heavy atom. The summed E-state index contributed by atoms with van der Waals surface area (Å²) < 4.78 is 5.73. The molecule has 0 aliphatic rings. The number of rotatable bonds is 4. The maximum atomic E-state index is 5.75. The minimum Gasteiger partial charge on any atom is -0.493 e. The Labute approximate surface area is 102 Å². The molecule has 0 spiro atoms. The Balaban J connectivity index is 2.53. The number of nitrogens with two attached hydrogens (primary N) is 1. The molecular weight excluding hydrogens is 210 g/mol. The van der Waals surface area contributed by atoms with Crippen LogP contribution in [0.3, 0.4) is 0 Å². The van der Waals surface area contributed by atoms with Crippen LogP contribution < -0.4 is 10.5 Å². The third kappa shape index (κ3) is 2.48. The zero-order valence-corrected chi connectivity index (χ0v) is 10.0. The van der Waals surface area contributed by atoms with Gasteiger partial charge in [-0.1, -0.05) is 48.5 Å². The monoisotopic (exact) mass is 227 g/mol. The lowest BCUT2D eigenvalue weighted by atomic mass is 10.0. The van der Waals surface area contributed by atoms with E-state index < -0.39 is 0 Å². The summed E-state index contributed by atoms with van der Waals surface area (Å²) >= 11 is 0. The van der Waals surface area contributed by atoms with E-state index in [1.54, 1.807) is 0 Å². The van der Waals surface area contributed by atoms with E-state index in [0.717, 1.165) is 22.4 Å². The van der Waals surface area contributed by atoms with Crippen molar-refractivity contribution in [1.29, 1.82) is 0 Å².